The summed E-state index contributed by atoms with van der Waals surface area (Å²) in [5.74, 6) is 0. The molecule has 0 aliphatic carbocycles. The van der Waals surface area contributed by atoms with Crippen LogP contribution in [-0.2, 0) is 4.74 Å². The first kappa shape index (κ1) is 12.6. The maximum Gasteiger partial charge on any atom is 0.0594 e. The molecule has 17 heavy (non-hydrogen) atoms. The molecular formula is C14H22N2O. The molecule has 2 heterocycles. The first-order valence-electron chi connectivity index (χ1n) is 6.34. The standard InChI is InChI=1S/C14H22N2O/c1-3-12-9-14(15-10-13(12)4-2)11-16-5-7-17-8-6-16/h3-4,14-15H,1-2,5-11H2. The molecule has 2 rings (SSSR count). The smallest absolute Gasteiger partial charge is 0.0594 e. The van der Waals surface area contributed by atoms with Crippen LogP contribution in [0.15, 0.2) is 36.5 Å². The Morgan fingerprint density at radius 3 is 2.59 bits per heavy atom. The third-order valence-electron chi connectivity index (χ3n) is 3.54. The Labute approximate surface area is 104 Å². The van der Waals surface area contributed by atoms with E-state index in [0.717, 1.165) is 45.8 Å². The highest BCUT2D eigenvalue weighted by molar-refractivity contribution is 5.35. The largest absolute Gasteiger partial charge is 0.379 e. The van der Waals surface area contributed by atoms with Crippen molar-refractivity contribution in [3.63, 3.8) is 0 Å². The van der Waals surface area contributed by atoms with Gasteiger partial charge in [0, 0.05) is 32.2 Å². The first-order chi connectivity index (χ1) is 8.33. The Morgan fingerprint density at radius 2 is 1.94 bits per heavy atom. The van der Waals surface area contributed by atoms with Gasteiger partial charge in [-0.05, 0) is 17.6 Å². The summed E-state index contributed by atoms with van der Waals surface area (Å²) in [5, 5.41) is 3.57. The second-order valence-corrected chi connectivity index (χ2v) is 4.65. The van der Waals surface area contributed by atoms with Crippen LogP contribution in [0.25, 0.3) is 0 Å². The van der Waals surface area contributed by atoms with Gasteiger partial charge in [0.1, 0.15) is 0 Å². The fraction of sp³-hybridized carbons (Fsp3) is 0.571. The molecule has 0 bridgehead atoms. The number of hydrogen-bond acceptors (Lipinski definition) is 3. The molecule has 0 radical (unpaired) electrons. The van der Waals surface area contributed by atoms with Crippen molar-refractivity contribution in [1.29, 1.82) is 0 Å². The van der Waals surface area contributed by atoms with Gasteiger partial charge < -0.3 is 10.1 Å². The molecule has 0 aromatic carbocycles. The van der Waals surface area contributed by atoms with Gasteiger partial charge in [-0.2, -0.15) is 0 Å². The molecule has 2 aliphatic rings. The van der Waals surface area contributed by atoms with Gasteiger partial charge in [-0.15, -0.1) is 0 Å². The SMILES string of the molecule is C=CC1=C(C=C)CC(CN2CCOCC2)NC1. The van der Waals surface area contributed by atoms with E-state index in [0.29, 0.717) is 6.04 Å². The zero-order valence-electron chi connectivity index (χ0n) is 10.5. The van der Waals surface area contributed by atoms with Crippen LogP contribution in [0, 0.1) is 0 Å². The maximum atomic E-state index is 5.36. The van der Waals surface area contributed by atoms with Gasteiger partial charge >= 0.3 is 0 Å². The number of rotatable bonds is 4. The Kier molecular flexibility index (Phi) is 4.54. The van der Waals surface area contributed by atoms with Crippen LogP contribution in [0.5, 0.6) is 0 Å². The Balaban J connectivity index is 1.89. The summed E-state index contributed by atoms with van der Waals surface area (Å²) >= 11 is 0. The summed E-state index contributed by atoms with van der Waals surface area (Å²) in [5.41, 5.74) is 2.63. The lowest BCUT2D eigenvalue weighted by atomic mass is 9.95. The Bertz CT molecular complexity index is 316. The summed E-state index contributed by atoms with van der Waals surface area (Å²) < 4.78 is 5.36. The molecule has 94 valence electrons. The molecule has 2 aliphatic heterocycles. The van der Waals surface area contributed by atoms with E-state index in [4.69, 9.17) is 4.74 Å². The zero-order valence-corrected chi connectivity index (χ0v) is 10.5. The average molecular weight is 234 g/mol. The molecule has 0 amide bonds. The van der Waals surface area contributed by atoms with Gasteiger partial charge in [0.25, 0.3) is 0 Å². The van der Waals surface area contributed by atoms with Crippen molar-refractivity contribution in [2.45, 2.75) is 12.5 Å². The van der Waals surface area contributed by atoms with Crippen LogP contribution in [0.4, 0.5) is 0 Å². The van der Waals surface area contributed by atoms with E-state index in [1.54, 1.807) is 0 Å². The maximum absolute atomic E-state index is 5.36. The lowest BCUT2D eigenvalue weighted by molar-refractivity contribution is 0.0335. The topological polar surface area (TPSA) is 24.5 Å². The lowest BCUT2D eigenvalue weighted by Gasteiger charge is -2.33. The van der Waals surface area contributed by atoms with E-state index in [1.807, 2.05) is 12.2 Å². The van der Waals surface area contributed by atoms with E-state index in [2.05, 4.69) is 23.4 Å². The fourth-order valence-electron chi connectivity index (χ4n) is 2.48. The number of hydrogen-bond donors (Lipinski definition) is 1. The van der Waals surface area contributed by atoms with Gasteiger partial charge in [-0.25, -0.2) is 0 Å². The number of morpholine rings is 1. The van der Waals surface area contributed by atoms with Crippen molar-refractivity contribution in [3.8, 4) is 0 Å². The van der Waals surface area contributed by atoms with Crippen molar-refractivity contribution < 1.29 is 4.74 Å². The third-order valence-corrected chi connectivity index (χ3v) is 3.54. The molecule has 1 N–H and O–H groups in total. The summed E-state index contributed by atoms with van der Waals surface area (Å²) in [6.07, 6.45) is 4.97. The molecular weight excluding hydrogens is 212 g/mol. The van der Waals surface area contributed by atoms with Crippen LogP contribution >= 0.6 is 0 Å². The molecule has 3 nitrogen and oxygen atoms in total. The minimum Gasteiger partial charge on any atom is -0.379 e. The monoisotopic (exact) mass is 234 g/mol. The van der Waals surface area contributed by atoms with E-state index in [1.165, 1.54) is 11.1 Å². The zero-order chi connectivity index (χ0) is 12.1. The van der Waals surface area contributed by atoms with Gasteiger partial charge in [-0.1, -0.05) is 25.3 Å². The van der Waals surface area contributed by atoms with Gasteiger partial charge in [0.05, 0.1) is 13.2 Å². The fourth-order valence-corrected chi connectivity index (χ4v) is 2.48. The highest BCUT2D eigenvalue weighted by atomic mass is 16.5. The molecule has 1 saturated heterocycles. The van der Waals surface area contributed by atoms with Crippen LogP contribution in [-0.4, -0.2) is 50.3 Å². The quantitative estimate of drug-likeness (QED) is 0.794. The summed E-state index contributed by atoms with van der Waals surface area (Å²) in [4.78, 5) is 2.47. The van der Waals surface area contributed by atoms with Gasteiger partial charge in [0.2, 0.25) is 0 Å². The van der Waals surface area contributed by atoms with E-state index in [-0.39, 0.29) is 0 Å². The minimum absolute atomic E-state index is 0.532. The van der Waals surface area contributed by atoms with Crippen LogP contribution in [0.1, 0.15) is 6.42 Å². The molecule has 0 aromatic heterocycles. The molecule has 1 fully saturated rings. The van der Waals surface area contributed by atoms with Crippen molar-refractivity contribution >= 4 is 0 Å². The summed E-state index contributed by atoms with van der Waals surface area (Å²) in [7, 11) is 0. The number of allylic oxidation sites excluding steroid dienone is 1. The summed E-state index contributed by atoms with van der Waals surface area (Å²) in [6, 6.07) is 0.532. The molecule has 0 spiro atoms. The molecule has 1 unspecified atom stereocenters. The van der Waals surface area contributed by atoms with Crippen molar-refractivity contribution in [2.75, 3.05) is 39.4 Å². The number of ether oxygens (including phenoxy) is 1. The normalized spacial score (nSPS) is 26.9. The predicted octanol–water partition coefficient (Wildman–Crippen LogP) is 1.35. The van der Waals surface area contributed by atoms with E-state index >= 15 is 0 Å². The highest BCUT2D eigenvalue weighted by Gasteiger charge is 2.21. The van der Waals surface area contributed by atoms with Gasteiger partial charge in [-0.3, -0.25) is 4.90 Å². The van der Waals surface area contributed by atoms with E-state index in [9.17, 15) is 0 Å². The van der Waals surface area contributed by atoms with Crippen LogP contribution in [0.2, 0.25) is 0 Å². The van der Waals surface area contributed by atoms with Crippen molar-refractivity contribution in [2.24, 2.45) is 0 Å². The number of nitrogens with zero attached hydrogens (tertiary/aromatic N) is 1. The second-order valence-electron chi connectivity index (χ2n) is 4.65. The Morgan fingerprint density at radius 1 is 1.24 bits per heavy atom. The first-order valence-corrected chi connectivity index (χ1v) is 6.34. The number of nitrogens with one attached hydrogen (secondary N) is 1. The molecule has 1 atom stereocenters. The van der Waals surface area contributed by atoms with Crippen molar-refractivity contribution in [3.05, 3.63) is 36.5 Å². The van der Waals surface area contributed by atoms with E-state index < -0.39 is 0 Å². The third kappa shape index (κ3) is 3.28. The van der Waals surface area contributed by atoms with Gasteiger partial charge in [0.15, 0.2) is 0 Å². The molecule has 0 aromatic rings. The average Bonchev–Trinajstić information content (AvgIpc) is 2.40. The highest BCUT2D eigenvalue weighted by Crippen LogP contribution is 2.19. The second kappa shape index (κ2) is 6.15. The predicted molar refractivity (Wildman–Crippen MR) is 71.1 cm³/mol. The lowest BCUT2D eigenvalue weighted by Crippen LogP contribution is -2.47. The van der Waals surface area contributed by atoms with Crippen molar-refractivity contribution in [1.82, 2.24) is 10.2 Å². The molecule has 3 heteroatoms. The summed E-state index contributed by atoms with van der Waals surface area (Å²) in [6.45, 7) is 13.6. The van der Waals surface area contributed by atoms with Crippen LogP contribution in [0.3, 0.4) is 0 Å². The Hall–Kier alpha value is -0.900. The molecule has 0 saturated carbocycles. The van der Waals surface area contributed by atoms with Crippen LogP contribution < -0.4 is 5.32 Å². The minimum atomic E-state index is 0.532.